The number of likely N-dealkylation sites (tertiary alicyclic amines) is 2. The normalized spacial score (nSPS) is 19.2. The van der Waals surface area contributed by atoms with Crippen LogP contribution in [0.2, 0.25) is 0 Å². The van der Waals surface area contributed by atoms with Gasteiger partial charge < -0.3 is 18.9 Å². The van der Waals surface area contributed by atoms with Crippen LogP contribution in [0.4, 0.5) is 0 Å². The quantitative estimate of drug-likeness (QED) is 0.552. The average molecular weight is 475 g/mol. The van der Waals surface area contributed by atoms with Crippen molar-refractivity contribution in [3.05, 3.63) is 65.6 Å². The summed E-state index contributed by atoms with van der Waals surface area (Å²) in [6.45, 7) is 7.47. The van der Waals surface area contributed by atoms with Gasteiger partial charge in [-0.15, -0.1) is 0 Å². The zero-order chi connectivity index (χ0) is 24.4. The Bertz CT molecular complexity index is 1210. The lowest BCUT2D eigenvalue weighted by molar-refractivity contribution is -0.138. The second kappa shape index (κ2) is 10.1. The van der Waals surface area contributed by atoms with E-state index in [1.807, 2.05) is 69.9 Å². The predicted molar refractivity (Wildman–Crippen MR) is 134 cm³/mol. The molecule has 0 bridgehead atoms. The van der Waals surface area contributed by atoms with Crippen LogP contribution in [0, 0.1) is 18.8 Å². The first-order chi connectivity index (χ1) is 17.0. The number of pyridine rings is 1. The molecule has 0 aliphatic carbocycles. The Balaban J connectivity index is 1.21. The van der Waals surface area contributed by atoms with Crippen LogP contribution in [0.15, 0.2) is 48.8 Å². The third-order valence-electron chi connectivity index (χ3n) is 7.32. The minimum absolute atomic E-state index is 0.0225. The molecule has 4 heterocycles. The van der Waals surface area contributed by atoms with Gasteiger partial charge in [0.1, 0.15) is 18.0 Å². The molecule has 7 heteroatoms. The summed E-state index contributed by atoms with van der Waals surface area (Å²) in [7, 11) is 0. The van der Waals surface area contributed by atoms with Crippen LogP contribution in [-0.4, -0.2) is 57.2 Å². The summed E-state index contributed by atoms with van der Waals surface area (Å²) in [6, 6.07) is 11.4. The fourth-order valence-corrected chi connectivity index (χ4v) is 5.34. The highest BCUT2D eigenvalue weighted by atomic mass is 16.5. The van der Waals surface area contributed by atoms with Gasteiger partial charge in [0.2, 0.25) is 5.91 Å². The molecule has 2 aromatic heterocycles. The van der Waals surface area contributed by atoms with E-state index >= 15 is 0 Å². The molecule has 1 aromatic carbocycles. The molecule has 2 aliphatic rings. The van der Waals surface area contributed by atoms with E-state index in [1.54, 1.807) is 0 Å². The minimum atomic E-state index is -0.0380. The van der Waals surface area contributed by atoms with Gasteiger partial charge in [-0.2, -0.15) is 0 Å². The number of carbonyl (C=O) groups excluding carboxylic acids is 2. The average Bonchev–Trinajstić information content (AvgIpc) is 3.31. The van der Waals surface area contributed by atoms with Crippen molar-refractivity contribution in [2.75, 3.05) is 26.2 Å². The summed E-state index contributed by atoms with van der Waals surface area (Å²) >= 11 is 0. The number of aromatic nitrogens is 2. The van der Waals surface area contributed by atoms with Crippen molar-refractivity contribution < 1.29 is 14.3 Å². The zero-order valence-corrected chi connectivity index (χ0v) is 20.7. The van der Waals surface area contributed by atoms with Crippen molar-refractivity contribution in [3.63, 3.8) is 0 Å². The van der Waals surface area contributed by atoms with E-state index in [1.165, 1.54) is 6.42 Å². The summed E-state index contributed by atoms with van der Waals surface area (Å²) in [6.07, 6.45) is 7.66. The molecule has 0 spiro atoms. The van der Waals surface area contributed by atoms with E-state index in [0.29, 0.717) is 30.3 Å². The third kappa shape index (κ3) is 5.04. The van der Waals surface area contributed by atoms with Crippen LogP contribution in [0.5, 0.6) is 5.75 Å². The second-order valence-electron chi connectivity index (χ2n) is 10.0. The fourth-order valence-electron chi connectivity index (χ4n) is 5.34. The molecule has 2 aliphatic heterocycles. The SMILES string of the molecule is Cc1cccn2cc(COc3ccccc3C(=O)N3CCC(C(=O)N4CCCC(C)C4)CC3)nc12. The van der Waals surface area contributed by atoms with Crippen molar-refractivity contribution in [2.45, 2.75) is 46.1 Å². The smallest absolute Gasteiger partial charge is 0.257 e. The van der Waals surface area contributed by atoms with Crippen LogP contribution in [-0.2, 0) is 11.4 Å². The topological polar surface area (TPSA) is 67.2 Å². The molecule has 7 nitrogen and oxygen atoms in total. The van der Waals surface area contributed by atoms with Crippen LogP contribution in [0.3, 0.4) is 0 Å². The molecule has 1 unspecified atom stereocenters. The number of hydrogen-bond acceptors (Lipinski definition) is 4. The van der Waals surface area contributed by atoms with E-state index in [4.69, 9.17) is 4.74 Å². The van der Waals surface area contributed by atoms with Crippen molar-refractivity contribution >= 4 is 17.5 Å². The molecule has 184 valence electrons. The van der Waals surface area contributed by atoms with E-state index in [-0.39, 0.29) is 24.3 Å². The number of piperidine rings is 2. The Hall–Kier alpha value is -3.35. The van der Waals surface area contributed by atoms with Gasteiger partial charge in [0.15, 0.2) is 0 Å². The third-order valence-corrected chi connectivity index (χ3v) is 7.32. The molecule has 2 fully saturated rings. The molecule has 3 aromatic rings. The van der Waals surface area contributed by atoms with Gasteiger partial charge >= 0.3 is 0 Å². The highest BCUT2D eigenvalue weighted by Gasteiger charge is 2.32. The Morgan fingerprint density at radius 2 is 1.83 bits per heavy atom. The number of aryl methyl sites for hydroxylation is 1. The van der Waals surface area contributed by atoms with E-state index in [9.17, 15) is 9.59 Å². The van der Waals surface area contributed by atoms with Gasteiger partial charge in [0, 0.05) is 44.5 Å². The number of hydrogen-bond donors (Lipinski definition) is 0. The van der Waals surface area contributed by atoms with Crippen molar-refractivity contribution in [3.8, 4) is 5.75 Å². The van der Waals surface area contributed by atoms with Crippen LogP contribution < -0.4 is 4.74 Å². The van der Waals surface area contributed by atoms with E-state index in [0.717, 1.165) is 49.3 Å². The molecular weight excluding hydrogens is 440 g/mol. The lowest BCUT2D eigenvalue weighted by Gasteiger charge is -2.37. The number of nitrogens with zero attached hydrogens (tertiary/aromatic N) is 4. The second-order valence-corrected chi connectivity index (χ2v) is 10.0. The number of para-hydroxylation sites is 1. The van der Waals surface area contributed by atoms with Gasteiger partial charge in [-0.3, -0.25) is 9.59 Å². The fraction of sp³-hybridized carbons (Fsp3) is 0.464. The maximum absolute atomic E-state index is 13.4. The van der Waals surface area contributed by atoms with Gasteiger partial charge in [-0.05, 0) is 62.3 Å². The number of carbonyl (C=O) groups is 2. The summed E-state index contributed by atoms with van der Waals surface area (Å²) in [4.78, 5) is 34.9. The minimum Gasteiger partial charge on any atom is -0.486 e. The zero-order valence-electron chi connectivity index (χ0n) is 20.7. The molecule has 5 rings (SSSR count). The van der Waals surface area contributed by atoms with Crippen LogP contribution in [0.1, 0.15) is 54.2 Å². The number of amides is 2. The van der Waals surface area contributed by atoms with Crippen molar-refractivity contribution in [2.24, 2.45) is 11.8 Å². The number of ether oxygens (including phenoxy) is 1. The standard InChI is InChI=1S/C28H34N4O3/c1-20-7-5-14-32(17-20)27(33)22-11-15-30(16-12-22)28(34)24-9-3-4-10-25(24)35-19-23-18-31-13-6-8-21(2)26(31)29-23/h3-4,6,8-10,13,18,20,22H,5,7,11-12,14-17,19H2,1-2H3. The molecule has 0 saturated carbocycles. The molecule has 0 N–H and O–H groups in total. The van der Waals surface area contributed by atoms with Crippen molar-refractivity contribution in [1.82, 2.24) is 19.2 Å². The number of fused-ring (bicyclic) bond motifs is 1. The van der Waals surface area contributed by atoms with Crippen LogP contribution in [0.25, 0.3) is 5.65 Å². The Kier molecular flexibility index (Phi) is 6.75. The summed E-state index contributed by atoms with van der Waals surface area (Å²) in [5, 5.41) is 0. The summed E-state index contributed by atoms with van der Waals surface area (Å²) in [5.74, 6) is 1.40. The maximum Gasteiger partial charge on any atom is 0.257 e. The predicted octanol–water partition coefficient (Wildman–Crippen LogP) is 4.33. The molecule has 1 atom stereocenters. The molecule has 2 amide bonds. The highest BCUT2D eigenvalue weighted by molar-refractivity contribution is 5.97. The molecule has 2 saturated heterocycles. The summed E-state index contributed by atoms with van der Waals surface area (Å²) in [5.41, 5.74) is 3.38. The van der Waals surface area contributed by atoms with Gasteiger partial charge in [0.05, 0.1) is 11.3 Å². The molecular formula is C28H34N4O3. The highest BCUT2D eigenvalue weighted by Crippen LogP contribution is 2.27. The number of rotatable bonds is 5. The largest absolute Gasteiger partial charge is 0.486 e. The van der Waals surface area contributed by atoms with Crippen molar-refractivity contribution in [1.29, 1.82) is 0 Å². The lowest BCUT2D eigenvalue weighted by Crippen LogP contribution is -2.47. The number of benzene rings is 1. The van der Waals surface area contributed by atoms with Gasteiger partial charge in [-0.25, -0.2) is 4.98 Å². The Labute approximate surface area is 206 Å². The van der Waals surface area contributed by atoms with Gasteiger partial charge in [0.25, 0.3) is 5.91 Å². The summed E-state index contributed by atoms with van der Waals surface area (Å²) < 4.78 is 8.06. The lowest BCUT2D eigenvalue weighted by atomic mass is 9.92. The number of imidazole rings is 1. The molecule has 35 heavy (non-hydrogen) atoms. The first-order valence-electron chi connectivity index (χ1n) is 12.7. The molecule has 0 radical (unpaired) electrons. The van der Waals surface area contributed by atoms with E-state index < -0.39 is 0 Å². The monoisotopic (exact) mass is 474 g/mol. The maximum atomic E-state index is 13.4. The first-order valence-corrected chi connectivity index (χ1v) is 12.7. The Morgan fingerprint density at radius 1 is 1.03 bits per heavy atom. The first kappa shape index (κ1) is 23.4. The van der Waals surface area contributed by atoms with Crippen LogP contribution >= 0.6 is 0 Å². The van der Waals surface area contributed by atoms with E-state index in [2.05, 4.69) is 11.9 Å². The Morgan fingerprint density at radius 3 is 2.60 bits per heavy atom. The van der Waals surface area contributed by atoms with Gasteiger partial charge in [-0.1, -0.05) is 25.1 Å².